The predicted molar refractivity (Wildman–Crippen MR) is 82.8 cm³/mol. The third kappa shape index (κ3) is 2.76. The number of nitrogens with zero attached hydrogens (tertiary/aromatic N) is 3. The Kier molecular flexibility index (Phi) is 3.63. The Morgan fingerprint density at radius 3 is 2.95 bits per heavy atom. The number of aromatic nitrogens is 3. The molecule has 3 aromatic rings. The largest absolute Gasteiger partial charge is 0.365 e. The lowest BCUT2D eigenvalue weighted by Gasteiger charge is -1.99. The van der Waals surface area contributed by atoms with Crippen LogP contribution in [-0.2, 0) is 0 Å². The monoisotopic (exact) mass is 316 g/mol. The van der Waals surface area contributed by atoms with Gasteiger partial charge >= 0.3 is 0 Å². The highest BCUT2D eigenvalue weighted by atomic mass is 32.1. The lowest BCUT2D eigenvalue weighted by atomic mass is 10.2. The Bertz CT molecular complexity index is 781. The number of thiazole rings is 2. The highest BCUT2D eigenvalue weighted by molar-refractivity contribution is 7.19. The summed E-state index contributed by atoms with van der Waals surface area (Å²) in [5, 5.41) is 3.70. The third-order valence-corrected chi connectivity index (χ3v) is 4.53. The molecular formula is C13H10N5OS2. The number of carbonyl (C=O) groups is 1. The first-order valence-corrected chi connectivity index (χ1v) is 7.60. The molecule has 6 nitrogen and oxygen atoms in total. The smallest absolute Gasteiger partial charge is 0.261 e. The summed E-state index contributed by atoms with van der Waals surface area (Å²) in [7, 11) is 0. The molecule has 8 heteroatoms. The van der Waals surface area contributed by atoms with E-state index in [1.807, 2.05) is 19.1 Å². The fourth-order valence-electron chi connectivity index (χ4n) is 1.74. The minimum Gasteiger partial charge on any atom is -0.365 e. The summed E-state index contributed by atoms with van der Waals surface area (Å²) in [6.45, 7) is 1.85. The maximum Gasteiger partial charge on any atom is 0.261 e. The molecule has 0 aliphatic carbocycles. The van der Waals surface area contributed by atoms with Crippen LogP contribution < -0.4 is 11.1 Å². The van der Waals surface area contributed by atoms with Crippen LogP contribution in [0, 0.1) is 12.4 Å². The second-order valence-corrected chi connectivity index (χ2v) is 5.94. The molecule has 105 valence electrons. The molecule has 0 atom stereocenters. The van der Waals surface area contributed by atoms with E-state index in [1.165, 1.54) is 22.7 Å². The molecule has 0 unspecified atom stereocenters. The molecule has 1 radical (unpaired) electrons. The van der Waals surface area contributed by atoms with Gasteiger partial charge in [-0.05, 0) is 19.1 Å². The van der Waals surface area contributed by atoms with Crippen LogP contribution in [0.5, 0.6) is 0 Å². The Hall–Kier alpha value is -2.32. The van der Waals surface area contributed by atoms with Crippen molar-refractivity contribution in [3.63, 3.8) is 0 Å². The number of amides is 1. The summed E-state index contributed by atoms with van der Waals surface area (Å²) in [5.74, 6) is -0.505. The first kappa shape index (κ1) is 13.7. The SMILES string of the molecule is Cc1n[c]sc1-c1nc(Nc2cccnc2)sc1C(N)=O. The van der Waals surface area contributed by atoms with Gasteiger partial charge in [0, 0.05) is 6.20 Å². The maximum atomic E-state index is 11.6. The Balaban J connectivity index is 2.01. The van der Waals surface area contributed by atoms with E-state index in [0.29, 0.717) is 15.7 Å². The molecule has 0 aliphatic heterocycles. The summed E-state index contributed by atoms with van der Waals surface area (Å²) in [6.07, 6.45) is 3.36. The lowest BCUT2D eigenvalue weighted by molar-refractivity contribution is 0.100. The van der Waals surface area contributed by atoms with E-state index in [-0.39, 0.29) is 0 Å². The number of carbonyl (C=O) groups excluding carboxylic acids is 1. The number of pyridine rings is 1. The Morgan fingerprint density at radius 2 is 2.33 bits per heavy atom. The molecule has 0 aromatic carbocycles. The zero-order chi connectivity index (χ0) is 14.8. The van der Waals surface area contributed by atoms with Gasteiger partial charge in [-0.1, -0.05) is 11.3 Å². The van der Waals surface area contributed by atoms with Gasteiger partial charge in [0.25, 0.3) is 5.91 Å². The number of anilines is 2. The van der Waals surface area contributed by atoms with Gasteiger partial charge in [-0.3, -0.25) is 9.78 Å². The molecule has 0 bridgehead atoms. The number of hydrogen-bond donors (Lipinski definition) is 2. The van der Waals surface area contributed by atoms with Gasteiger partial charge in [0.05, 0.1) is 22.5 Å². The van der Waals surface area contributed by atoms with Crippen molar-refractivity contribution in [2.45, 2.75) is 6.92 Å². The zero-order valence-corrected chi connectivity index (χ0v) is 12.6. The van der Waals surface area contributed by atoms with E-state index in [4.69, 9.17) is 5.73 Å². The van der Waals surface area contributed by atoms with Gasteiger partial charge in [0.15, 0.2) is 10.6 Å². The quantitative estimate of drug-likeness (QED) is 0.771. The van der Waals surface area contributed by atoms with Crippen molar-refractivity contribution in [2.24, 2.45) is 5.73 Å². The van der Waals surface area contributed by atoms with Crippen molar-refractivity contribution in [3.05, 3.63) is 40.6 Å². The molecule has 0 aliphatic rings. The fraction of sp³-hybridized carbons (Fsp3) is 0.0769. The summed E-state index contributed by atoms with van der Waals surface area (Å²) in [5.41, 5.74) is 10.4. The first-order chi connectivity index (χ1) is 10.1. The van der Waals surface area contributed by atoms with Crippen LogP contribution in [0.4, 0.5) is 10.8 Å². The normalized spacial score (nSPS) is 10.5. The Labute approximate surface area is 128 Å². The van der Waals surface area contributed by atoms with Crippen LogP contribution in [0.2, 0.25) is 0 Å². The Morgan fingerprint density at radius 1 is 1.48 bits per heavy atom. The molecular weight excluding hydrogens is 306 g/mol. The molecule has 0 spiro atoms. The van der Waals surface area contributed by atoms with Crippen LogP contribution in [-0.4, -0.2) is 20.9 Å². The van der Waals surface area contributed by atoms with E-state index in [9.17, 15) is 4.79 Å². The lowest BCUT2D eigenvalue weighted by Crippen LogP contribution is -2.10. The van der Waals surface area contributed by atoms with Gasteiger partial charge in [0.2, 0.25) is 0 Å². The summed E-state index contributed by atoms with van der Waals surface area (Å²) in [4.78, 5) is 25.4. The fourth-order valence-corrected chi connectivity index (χ4v) is 3.36. The second kappa shape index (κ2) is 5.58. The van der Waals surface area contributed by atoms with E-state index in [1.54, 1.807) is 12.4 Å². The number of nitrogens with two attached hydrogens (primary N) is 1. The summed E-state index contributed by atoms with van der Waals surface area (Å²) < 4.78 is 0. The van der Waals surface area contributed by atoms with Gasteiger partial charge in [-0.2, -0.15) is 0 Å². The highest BCUT2D eigenvalue weighted by Gasteiger charge is 2.20. The van der Waals surface area contributed by atoms with Crippen LogP contribution in [0.15, 0.2) is 24.5 Å². The third-order valence-electron chi connectivity index (χ3n) is 2.67. The zero-order valence-electron chi connectivity index (χ0n) is 11.0. The number of nitrogens with one attached hydrogen (secondary N) is 1. The molecule has 3 N–H and O–H groups in total. The van der Waals surface area contributed by atoms with Gasteiger partial charge < -0.3 is 11.1 Å². The van der Waals surface area contributed by atoms with Crippen molar-refractivity contribution < 1.29 is 4.79 Å². The second-order valence-electron chi connectivity index (χ2n) is 4.15. The first-order valence-electron chi connectivity index (χ1n) is 5.96. The molecule has 21 heavy (non-hydrogen) atoms. The average Bonchev–Trinajstić information content (AvgIpc) is 3.06. The minimum atomic E-state index is -0.505. The van der Waals surface area contributed by atoms with Crippen molar-refractivity contribution in [1.82, 2.24) is 15.0 Å². The van der Waals surface area contributed by atoms with E-state index >= 15 is 0 Å². The van der Waals surface area contributed by atoms with Crippen LogP contribution in [0.25, 0.3) is 10.6 Å². The summed E-state index contributed by atoms with van der Waals surface area (Å²) in [6, 6.07) is 3.68. The molecule has 0 saturated carbocycles. The van der Waals surface area contributed by atoms with E-state index in [0.717, 1.165) is 16.3 Å². The summed E-state index contributed by atoms with van der Waals surface area (Å²) >= 11 is 2.52. The highest BCUT2D eigenvalue weighted by Crippen LogP contribution is 2.35. The van der Waals surface area contributed by atoms with Crippen LogP contribution in [0.1, 0.15) is 15.4 Å². The number of primary amides is 1. The number of hydrogen-bond acceptors (Lipinski definition) is 7. The van der Waals surface area contributed by atoms with Crippen LogP contribution in [0.3, 0.4) is 0 Å². The van der Waals surface area contributed by atoms with E-state index < -0.39 is 5.91 Å². The van der Waals surface area contributed by atoms with Crippen molar-refractivity contribution in [1.29, 1.82) is 0 Å². The number of aryl methyl sites for hydroxylation is 1. The van der Waals surface area contributed by atoms with Crippen molar-refractivity contribution in [2.75, 3.05) is 5.32 Å². The minimum absolute atomic E-state index is 0.405. The van der Waals surface area contributed by atoms with Crippen molar-refractivity contribution >= 4 is 39.4 Å². The van der Waals surface area contributed by atoms with Crippen molar-refractivity contribution in [3.8, 4) is 10.6 Å². The van der Waals surface area contributed by atoms with Gasteiger partial charge in [0.1, 0.15) is 10.6 Å². The topological polar surface area (TPSA) is 93.8 Å². The number of rotatable bonds is 4. The average molecular weight is 316 g/mol. The predicted octanol–water partition coefficient (Wildman–Crippen LogP) is 2.61. The van der Waals surface area contributed by atoms with Gasteiger partial charge in [-0.25, -0.2) is 9.97 Å². The molecule has 0 fully saturated rings. The maximum absolute atomic E-state index is 11.6. The van der Waals surface area contributed by atoms with Crippen LogP contribution >= 0.6 is 22.7 Å². The molecule has 3 rings (SSSR count). The van der Waals surface area contributed by atoms with Gasteiger partial charge in [-0.15, -0.1) is 11.3 Å². The molecule has 3 heterocycles. The molecule has 1 amide bonds. The standard InChI is InChI=1S/C13H10N5OS2/c1-7-10(20-6-16-7)9-11(12(14)19)21-13(18-9)17-8-3-2-4-15-5-8/h2-5H,1H3,(H2,14,19)(H,17,18). The molecule has 3 aromatic heterocycles. The molecule has 0 saturated heterocycles. The van der Waals surface area contributed by atoms with E-state index in [2.05, 4.69) is 25.8 Å².